The van der Waals surface area contributed by atoms with E-state index in [1.54, 1.807) is 11.1 Å². The molecule has 1 amide bonds. The third-order valence-electron chi connectivity index (χ3n) is 3.52. The summed E-state index contributed by atoms with van der Waals surface area (Å²) < 4.78 is 13.2. The molecule has 5 heteroatoms. The second-order valence-electron chi connectivity index (χ2n) is 4.99. The van der Waals surface area contributed by atoms with Crippen LogP contribution in [0.3, 0.4) is 0 Å². The van der Waals surface area contributed by atoms with E-state index in [0.717, 1.165) is 16.0 Å². The third kappa shape index (κ3) is 2.45. The summed E-state index contributed by atoms with van der Waals surface area (Å²) in [6.45, 7) is 2.74. The molecule has 3 heterocycles. The Morgan fingerprint density at radius 1 is 1.45 bits per heavy atom. The molecule has 0 unspecified atom stereocenters. The monoisotopic (exact) mass is 290 g/mol. The fourth-order valence-electron chi connectivity index (χ4n) is 2.41. The molecule has 0 N–H and O–H groups in total. The number of rotatable bonds is 2. The van der Waals surface area contributed by atoms with Gasteiger partial charge in [-0.05, 0) is 42.7 Å². The van der Waals surface area contributed by atoms with Crippen molar-refractivity contribution in [2.75, 3.05) is 13.1 Å². The van der Waals surface area contributed by atoms with Crippen molar-refractivity contribution in [1.82, 2.24) is 9.88 Å². The number of amides is 1. The Bertz CT molecular complexity index is 640. The molecule has 1 saturated heterocycles. The summed E-state index contributed by atoms with van der Waals surface area (Å²) >= 11 is 1.45. The first kappa shape index (κ1) is 13.2. The summed E-state index contributed by atoms with van der Waals surface area (Å²) in [5, 5.41) is 0. The number of thiophene rings is 1. The van der Waals surface area contributed by atoms with Gasteiger partial charge in [0.1, 0.15) is 6.17 Å². The van der Waals surface area contributed by atoms with E-state index >= 15 is 0 Å². The van der Waals surface area contributed by atoms with Crippen LogP contribution in [-0.2, 0) is 0 Å². The summed E-state index contributed by atoms with van der Waals surface area (Å²) in [5.74, 6) is -0.0619. The molecular weight excluding hydrogens is 275 g/mol. The quantitative estimate of drug-likeness (QED) is 0.850. The minimum atomic E-state index is -0.874. The summed E-state index contributed by atoms with van der Waals surface area (Å²) in [6.07, 6.45) is 3.14. The Hall–Kier alpha value is -1.75. The second-order valence-corrected chi connectivity index (χ2v) is 6.08. The molecule has 3 nitrogen and oxygen atoms in total. The normalized spacial score (nSPS) is 18.5. The zero-order valence-corrected chi connectivity index (χ0v) is 12.0. The van der Waals surface area contributed by atoms with Crippen LogP contribution in [0.15, 0.2) is 30.6 Å². The van der Waals surface area contributed by atoms with E-state index < -0.39 is 6.17 Å². The molecule has 0 aromatic carbocycles. The highest BCUT2D eigenvalue weighted by atomic mass is 32.1. The lowest BCUT2D eigenvalue weighted by Crippen LogP contribution is -2.28. The van der Waals surface area contributed by atoms with Gasteiger partial charge >= 0.3 is 0 Å². The maximum atomic E-state index is 13.2. The summed E-state index contributed by atoms with van der Waals surface area (Å²) in [6, 6.07) is 5.72. The van der Waals surface area contributed by atoms with Crippen molar-refractivity contribution in [3.05, 3.63) is 41.0 Å². The molecule has 2 aromatic rings. The minimum Gasteiger partial charge on any atom is -0.335 e. The highest BCUT2D eigenvalue weighted by Gasteiger charge is 2.27. The van der Waals surface area contributed by atoms with Crippen molar-refractivity contribution in [3.63, 3.8) is 0 Å². The fourth-order valence-corrected chi connectivity index (χ4v) is 3.47. The molecule has 0 bridgehead atoms. The van der Waals surface area contributed by atoms with E-state index in [9.17, 15) is 9.18 Å². The molecule has 3 rings (SSSR count). The molecule has 104 valence electrons. The van der Waals surface area contributed by atoms with E-state index in [0.29, 0.717) is 17.8 Å². The highest BCUT2D eigenvalue weighted by Crippen LogP contribution is 2.31. The Morgan fingerprint density at radius 3 is 3.00 bits per heavy atom. The first-order valence-corrected chi connectivity index (χ1v) is 7.41. The molecule has 20 heavy (non-hydrogen) atoms. The van der Waals surface area contributed by atoms with Crippen molar-refractivity contribution >= 4 is 17.2 Å². The molecule has 0 saturated carbocycles. The number of aromatic nitrogens is 1. The average molecular weight is 290 g/mol. The van der Waals surface area contributed by atoms with Crippen LogP contribution in [0.1, 0.15) is 21.7 Å². The number of hydrogen-bond donors (Lipinski definition) is 0. The van der Waals surface area contributed by atoms with E-state index in [-0.39, 0.29) is 12.5 Å². The van der Waals surface area contributed by atoms with Crippen LogP contribution in [0.5, 0.6) is 0 Å². The van der Waals surface area contributed by atoms with Crippen LogP contribution >= 0.6 is 11.3 Å². The van der Waals surface area contributed by atoms with Gasteiger partial charge in [0.15, 0.2) is 0 Å². The summed E-state index contributed by atoms with van der Waals surface area (Å²) in [4.78, 5) is 19.7. The SMILES string of the molecule is Cc1cnccc1-c1ccc(C(=O)N2CC[C@H](F)C2)s1. The van der Waals surface area contributed by atoms with Crippen LogP contribution in [0.25, 0.3) is 10.4 Å². The van der Waals surface area contributed by atoms with Crippen molar-refractivity contribution in [2.45, 2.75) is 19.5 Å². The average Bonchev–Trinajstić information content (AvgIpc) is 3.07. The standard InChI is InChI=1S/C15H15FN2OS/c1-10-8-17-6-4-12(10)13-2-3-14(20-13)15(19)18-7-5-11(16)9-18/h2-4,6,8,11H,5,7,9H2,1H3/t11-/m0/s1. The zero-order valence-electron chi connectivity index (χ0n) is 11.2. The molecule has 2 aromatic heterocycles. The third-order valence-corrected chi connectivity index (χ3v) is 4.63. The lowest BCUT2D eigenvalue weighted by molar-refractivity contribution is 0.0787. The van der Waals surface area contributed by atoms with Gasteiger partial charge in [0.25, 0.3) is 5.91 Å². The predicted octanol–water partition coefficient (Wildman–Crippen LogP) is 3.30. The molecule has 1 fully saturated rings. The van der Waals surface area contributed by atoms with E-state index in [4.69, 9.17) is 0 Å². The van der Waals surface area contributed by atoms with Crippen LogP contribution in [0, 0.1) is 6.92 Å². The number of nitrogens with zero attached hydrogens (tertiary/aromatic N) is 2. The predicted molar refractivity (Wildman–Crippen MR) is 77.7 cm³/mol. The largest absolute Gasteiger partial charge is 0.335 e. The van der Waals surface area contributed by atoms with Crippen LogP contribution in [0.2, 0.25) is 0 Å². The van der Waals surface area contributed by atoms with Gasteiger partial charge in [0.2, 0.25) is 0 Å². The first-order chi connectivity index (χ1) is 9.65. The molecule has 1 atom stereocenters. The highest BCUT2D eigenvalue weighted by molar-refractivity contribution is 7.17. The lowest BCUT2D eigenvalue weighted by atomic mass is 10.1. The van der Waals surface area contributed by atoms with Gasteiger partial charge in [-0.3, -0.25) is 9.78 Å². The van der Waals surface area contributed by atoms with E-state index in [1.165, 1.54) is 11.3 Å². The van der Waals surface area contributed by atoms with Gasteiger partial charge in [-0.25, -0.2) is 4.39 Å². The Kier molecular flexibility index (Phi) is 3.53. The number of pyridine rings is 1. The van der Waals surface area contributed by atoms with Crippen LogP contribution in [0.4, 0.5) is 4.39 Å². The van der Waals surface area contributed by atoms with Gasteiger partial charge in [0.05, 0.1) is 11.4 Å². The molecule has 1 aliphatic rings. The van der Waals surface area contributed by atoms with Crippen molar-refractivity contribution < 1.29 is 9.18 Å². The van der Waals surface area contributed by atoms with Gasteiger partial charge in [-0.15, -0.1) is 11.3 Å². The minimum absolute atomic E-state index is 0.0619. The number of alkyl halides is 1. The number of carbonyl (C=O) groups excluding carboxylic acids is 1. The number of halogens is 1. The Morgan fingerprint density at radius 2 is 2.30 bits per heavy atom. The smallest absolute Gasteiger partial charge is 0.264 e. The molecule has 0 radical (unpaired) electrons. The zero-order chi connectivity index (χ0) is 14.1. The molecule has 0 aliphatic carbocycles. The van der Waals surface area contributed by atoms with Gasteiger partial charge in [-0.2, -0.15) is 0 Å². The van der Waals surface area contributed by atoms with Gasteiger partial charge < -0.3 is 4.90 Å². The molecule has 1 aliphatic heterocycles. The molecular formula is C15H15FN2OS. The second kappa shape index (κ2) is 5.32. The van der Waals surface area contributed by atoms with Crippen LogP contribution < -0.4 is 0 Å². The van der Waals surface area contributed by atoms with Gasteiger partial charge in [-0.1, -0.05) is 0 Å². The lowest BCUT2D eigenvalue weighted by Gasteiger charge is -2.13. The molecule has 0 spiro atoms. The van der Waals surface area contributed by atoms with Crippen molar-refractivity contribution in [3.8, 4) is 10.4 Å². The Labute approximate surface area is 121 Å². The Balaban J connectivity index is 1.84. The summed E-state index contributed by atoms with van der Waals surface area (Å²) in [7, 11) is 0. The van der Waals surface area contributed by atoms with Gasteiger partial charge in [0, 0.05) is 23.8 Å². The number of aryl methyl sites for hydroxylation is 1. The number of carbonyl (C=O) groups is 1. The van der Waals surface area contributed by atoms with Crippen LogP contribution in [-0.4, -0.2) is 35.1 Å². The fraction of sp³-hybridized carbons (Fsp3) is 0.333. The maximum Gasteiger partial charge on any atom is 0.264 e. The number of hydrogen-bond acceptors (Lipinski definition) is 3. The maximum absolute atomic E-state index is 13.2. The first-order valence-electron chi connectivity index (χ1n) is 6.59. The number of likely N-dealkylation sites (tertiary alicyclic amines) is 1. The topological polar surface area (TPSA) is 33.2 Å². The van der Waals surface area contributed by atoms with E-state index in [2.05, 4.69) is 4.98 Å². The van der Waals surface area contributed by atoms with E-state index in [1.807, 2.05) is 31.3 Å². The van der Waals surface area contributed by atoms with Crippen molar-refractivity contribution in [2.24, 2.45) is 0 Å². The van der Waals surface area contributed by atoms with Crippen molar-refractivity contribution in [1.29, 1.82) is 0 Å². The summed E-state index contributed by atoms with van der Waals surface area (Å²) in [5.41, 5.74) is 2.17.